The Morgan fingerprint density at radius 2 is 2.28 bits per heavy atom. The minimum atomic E-state index is -0.479. The van der Waals surface area contributed by atoms with Crippen LogP contribution in [0.25, 0.3) is 0 Å². The molecule has 1 spiro atoms. The molecule has 18 heavy (non-hydrogen) atoms. The lowest BCUT2D eigenvalue weighted by molar-refractivity contribution is -0.150. The number of hydrogen-bond acceptors (Lipinski definition) is 4. The molecule has 0 bridgehead atoms. The van der Waals surface area contributed by atoms with E-state index in [9.17, 15) is 9.59 Å². The van der Waals surface area contributed by atoms with Crippen LogP contribution in [0.5, 0.6) is 0 Å². The van der Waals surface area contributed by atoms with Gasteiger partial charge in [-0.1, -0.05) is 13.8 Å². The van der Waals surface area contributed by atoms with Crippen LogP contribution in [0, 0.1) is 10.8 Å². The highest BCUT2D eigenvalue weighted by Crippen LogP contribution is 2.55. The van der Waals surface area contributed by atoms with Gasteiger partial charge in [0.2, 0.25) is 5.91 Å². The van der Waals surface area contributed by atoms with Crippen LogP contribution in [0.15, 0.2) is 0 Å². The first-order valence-electron chi connectivity index (χ1n) is 6.47. The van der Waals surface area contributed by atoms with Crippen molar-refractivity contribution in [1.29, 1.82) is 0 Å². The largest absolute Gasteiger partial charge is 0.464 e. The Labute approximate surface area is 112 Å². The number of amides is 1. The standard InChI is InChI=1S/C13H21NO3S/c1-4-17-11(16)10-13(7-9(15)14-10)8-18-6-5-12(13,2)3/h10H,4-8H2,1-3H3,(H,14,15). The molecule has 2 fully saturated rings. The third kappa shape index (κ3) is 2.02. The first kappa shape index (κ1) is 13.7. The Morgan fingerprint density at radius 3 is 2.89 bits per heavy atom. The fraction of sp³-hybridized carbons (Fsp3) is 0.846. The predicted octanol–water partition coefficient (Wildman–Crippen LogP) is 1.59. The molecule has 0 aliphatic carbocycles. The summed E-state index contributed by atoms with van der Waals surface area (Å²) in [6.07, 6.45) is 1.47. The molecule has 0 radical (unpaired) electrons. The zero-order valence-electron chi connectivity index (χ0n) is 11.2. The van der Waals surface area contributed by atoms with Gasteiger partial charge >= 0.3 is 5.97 Å². The van der Waals surface area contributed by atoms with Gasteiger partial charge in [0.15, 0.2) is 0 Å². The summed E-state index contributed by atoms with van der Waals surface area (Å²) in [7, 11) is 0. The Hall–Kier alpha value is -0.710. The molecular formula is C13H21NO3S. The summed E-state index contributed by atoms with van der Waals surface area (Å²) in [4.78, 5) is 23.9. The Bertz CT molecular complexity index is 369. The number of carbonyl (C=O) groups is 2. The van der Waals surface area contributed by atoms with Gasteiger partial charge in [-0.05, 0) is 24.5 Å². The van der Waals surface area contributed by atoms with Gasteiger partial charge in [-0.15, -0.1) is 0 Å². The summed E-state index contributed by atoms with van der Waals surface area (Å²) in [5.74, 6) is 1.64. The Balaban J connectivity index is 2.32. The van der Waals surface area contributed by atoms with E-state index in [1.165, 1.54) is 0 Å². The van der Waals surface area contributed by atoms with Crippen LogP contribution >= 0.6 is 11.8 Å². The smallest absolute Gasteiger partial charge is 0.329 e. The molecule has 2 atom stereocenters. The molecule has 2 rings (SSSR count). The maximum absolute atomic E-state index is 12.1. The van der Waals surface area contributed by atoms with Crippen molar-refractivity contribution in [3.63, 3.8) is 0 Å². The topological polar surface area (TPSA) is 55.4 Å². The number of esters is 1. The summed E-state index contributed by atoms with van der Waals surface area (Å²) < 4.78 is 5.13. The Kier molecular flexibility index (Phi) is 3.63. The molecule has 0 aromatic carbocycles. The van der Waals surface area contributed by atoms with Crippen molar-refractivity contribution in [1.82, 2.24) is 5.32 Å². The lowest BCUT2D eigenvalue weighted by Crippen LogP contribution is -2.55. The molecule has 0 saturated carbocycles. The van der Waals surface area contributed by atoms with E-state index in [2.05, 4.69) is 19.2 Å². The summed E-state index contributed by atoms with van der Waals surface area (Å²) in [6, 6.07) is -0.479. The molecule has 1 amide bonds. The van der Waals surface area contributed by atoms with Crippen molar-refractivity contribution in [2.24, 2.45) is 10.8 Å². The quantitative estimate of drug-likeness (QED) is 0.775. The third-order valence-electron chi connectivity index (χ3n) is 4.44. The SMILES string of the molecule is CCOC(=O)C1NC(=O)CC12CSCCC2(C)C. The number of nitrogens with one attached hydrogen (secondary N) is 1. The first-order valence-corrected chi connectivity index (χ1v) is 7.62. The van der Waals surface area contributed by atoms with Crippen LogP contribution in [0.4, 0.5) is 0 Å². The molecule has 5 heteroatoms. The van der Waals surface area contributed by atoms with Gasteiger partial charge in [-0.3, -0.25) is 4.79 Å². The second-order valence-electron chi connectivity index (χ2n) is 5.77. The normalized spacial score (nSPS) is 34.4. The number of thioether (sulfide) groups is 1. The van der Waals surface area contributed by atoms with E-state index in [4.69, 9.17) is 4.74 Å². The first-order chi connectivity index (χ1) is 8.43. The van der Waals surface area contributed by atoms with Gasteiger partial charge in [0.1, 0.15) is 6.04 Å². The van der Waals surface area contributed by atoms with E-state index in [1.54, 1.807) is 6.92 Å². The van der Waals surface area contributed by atoms with Crippen LogP contribution in [-0.4, -0.2) is 36.0 Å². The minimum absolute atomic E-state index is 0.0190. The van der Waals surface area contributed by atoms with Crippen molar-refractivity contribution in [3.05, 3.63) is 0 Å². The van der Waals surface area contributed by atoms with Crippen LogP contribution in [0.3, 0.4) is 0 Å². The molecule has 0 aromatic heterocycles. The molecule has 2 heterocycles. The summed E-state index contributed by atoms with van der Waals surface area (Å²) >= 11 is 1.83. The number of hydrogen-bond donors (Lipinski definition) is 1. The minimum Gasteiger partial charge on any atom is -0.464 e. The van der Waals surface area contributed by atoms with E-state index in [0.29, 0.717) is 13.0 Å². The van der Waals surface area contributed by atoms with Gasteiger partial charge < -0.3 is 10.1 Å². The number of ether oxygens (including phenoxy) is 1. The molecule has 1 N–H and O–H groups in total. The van der Waals surface area contributed by atoms with Gasteiger partial charge in [0.25, 0.3) is 0 Å². The summed E-state index contributed by atoms with van der Waals surface area (Å²) in [5.41, 5.74) is -0.311. The molecule has 4 nitrogen and oxygen atoms in total. The van der Waals surface area contributed by atoms with Crippen LogP contribution in [0.1, 0.15) is 33.6 Å². The predicted molar refractivity (Wildman–Crippen MR) is 71.3 cm³/mol. The second kappa shape index (κ2) is 4.76. The van der Waals surface area contributed by atoms with E-state index >= 15 is 0 Å². The highest BCUT2D eigenvalue weighted by atomic mass is 32.2. The lowest BCUT2D eigenvalue weighted by atomic mass is 9.60. The van der Waals surface area contributed by atoms with Crippen LogP contribution < -0.4 is 5.32 Å². The van der Waals surface area contributed by atoms with Gasteiger partial charge in [0, 0.05) is 17.6 Å². The van der Waals surface area contributed by atoms with Crippen molar-refractivity contribution >= 4 is 23.6 Å². The monoisotopic (exact) mass is 271 g/mol. The lowest BCUT2D eigenvalue weighted by Gasteiger charge is -2.49. The fourth-order valence-electron chi connectivity index (χ4n) is 3.04. The zero-order valence-corrected chi connectivity index (χ0v) is 12.1. The van der Waals surface area contributed by atoms with Gasteiger partial charge in [0.05, 0.1) is 6.61 Å². The molecule has 2 aliphatic rings. The fourth-order valence-corrected chi connectivity index (χ4v) is 4.86. The van der Waals surface area contributed by atoms with Crippen LogP contribution in [0.2, 0.25) is 0 Å². The van der Waals surface area contributed by atoms with Crippen molar-refractivity contribution < 1.29 is 14.3 Å². The molecule has 2 unspecified atom stereocenters. The second-order valence-corrected chi connectivity index (χ2v) is 6.88. The maximum Gasteiger partial charge on any atom is 0.329 e. The molecule has 0 aromatic rings. The average Bonchev–Trinajstić information content (AvgIpc) is 2.62. The zero-order chi connectivity index (χ0) is 13.4. The molecule has 2 saturated heterocycles. The van der Waals surface area contributed by atoms with E-state index < -0.39 is 6.04 Å². The number of rotatable bonds is 2. The van der Waals surface area contributed by atoms with E-state index in [0.717, 1.165) is 17.9 Å². The molecule has 102 valence electrons. The van der Waals surface area contributed by atoms with Crippen molar-refractivity contribution in [2.45, 2.75) is 39.7 Å². The van der Waals surface area contributed by atoms with Crippen molar-refractivity contribution in [3.8, 4) is 0 Å². The van der Waals surface area contributed by atoms with Crippen molar-refractivity contribution in [2.75, 3.05) is 18.1 Å². The Morgan fingerprint density at radius 1 is 1.56 bits per heavy atom. The van der Waals surface area contributed by atoms with Crippen LogP contribution in [-0.2, 0) is 14.3 Å². The third-order valence-corrected chi connectivity index (χ3v) is 5.65. The highest BCUT2D eigenvalue weighted by Gasteiger charge is 2.59. The van der Waals surface area contributed by atoms with Gasteiger partial charge in [-0.2, -0.15) is 11.8 Å². The maximum atomic E-state index is 12.1. The average molecular weight is 271 g/mol. The van der Waals surface area contributed by atoms with E-state index in [1.807, 2.05) is 11.8 Å². The summed E-state index contributed by atoms with van der Waals surface area (Å²) in [5, 5.41) is 2.83. The van der Waals surface area contributed by atoms with E-state index in [-0.39, 0.29) is 22.7 Å². The van der Waals surface area contributed by atoms with Gasteiger partial charge in [-0.25, -0.2) is 4.79 Å². The molecule has 2 aliphatic heterocycles. The number of carbonyl (C=O) groups excluding carboxylic acids is 2. The summed E-state index contributed by atoms with van der Waals surface area (Å²) in [6.45, 7) is 6.48. The molecular weight excluding hydrogens is 250 g/mol. The highest BCUT2D eigenvalue weighted by molar-refractivity contribution is 7.99.